The van der Waals surface area contributed by atoms with Crippen LogP contribution in [-0.4, -0.2) is 36.5 Å². The van der Waals surface area contributed by atoms with Crippen LogP contribution in [0.2, 0.25) is 0 Å². The van der Waals surface area contributed by atoms with Crippen molar-refractivity contribution in [3.8, 4) is 0 Å². The van der Waals surface area contributed by atoms with Gasteiger partial charge in [-0.1, -0.05) is 44.7 Å². The van der Waals surface area contributed by atoms with Crippen molar-refractivity contribution in [3.63, 3.8) is 0 Å². The molecule has 1 N–H and O–H groups in total. The van der Waals surface area contributed by atoms with Gasteiger partial charge in [-0.3, -0.25) is 4.79 Å². The summed E-state index contributed by atoms with van der Waals surface area (Å²) < 4.78 is 0. The van der Waals surface area contributed by atoms with E-state index in [2.05, 4.69) is 36.1 Å². The van der Waals surface area contributed by atoms with E-state index in [0.717, 1.165) is 34.4 Å². The van der Waals surface area contributed by atoms with Gasteiger partial charge in [-0.2, -0.15) is 0 Å². The number of aromatic nitrogens is 2. The molecule has 1 amide bonds. The first-order valence-electron chi connectivity index (χ1n) is 8.94. The second kappa shape index (κ2) is 9.57. The molecule has 0 bridgehead atoms. The number of amides is 1. The first-order valence-corrected chi connectivity index (χ1v) is 9.92. The number of nitrogens with one attached hydrogen (secondary N) is 1. The summed E-state index contributed by atoms with van der Waals surface area (Å²) >= 11 is 1.59. The first kappa shape index (κ1) is 20.2. The SMILES string of the molecule is CCc1cc(N(C)C)nc(SCc2cccc(C(=O)NCC(C)C)c2)n1. The molecule has 1 aromatic carbocycles. The van der Waals surface area contributed by atoms with E-state index in [4.69, 9.17) is 0 Å². The van der Waals surface area contributed by atoms with E-state index in [9.17, 15) is 4.79 Å². The van der Waals surface area contributed by atoms with E-state index < -0.39 is 0 Å². The molecule has 0 atom stereocenters. The minimum Gasteiger partial charge on any atom is -0.363 e. The summed E-state index contributed by atoms with van der Waals surface area (Å²) in [5.41, 5.74) is 2.82. The summed E-state index contributed by atoms with van der Waals surface area (Å²) in [5, 5.41) is 3.72. The molecule has 26 heavy (non-hydrogen) atoms. The van der Waals surface area contributed by atoms with Crippen LogP contribution in [0.5, 0.6) is 0 Å². The van der Waals surface area contributed by atoms with E-state index in [1.54, 1.807) is 11.8 Å². The highest BCUT2D eigenvalue weighted by atomic mass is 32.2. The lowest BCUT2D eigenvalue weighted by atomic mass is 10.1. The third-order valence-electron chi connectivity index (χ3n) is 3.79. The maximum absolute atomic E-state index is 12.2. The van der Waals surface area contributed by atoms with E-state index >= 15 is 0 Å². The molecule has 140 valence electrons. The minimum absolute atomic E-state index is 0.0234. The van der Waals surface area contributed by atoms with Crippen LogP contribution in [0.3, 0.4) is 0 Å². The molecule has 1 aromatic heterocycles. The lowest BCUT2D eigenvalue weighted by Crippen LogP contribution is -2.27. The van der Waals surface area contributed by atoms with Gasteiger partial charge in [0, 0.05) is 43.7 Å². The van der Waals surface area contributed by atoms with Gasteiger partial charge in [0.15, 0.2) is 5.16 Å². The number of nitrogens with zero attached hydrogens (tertiary/aromatic N) is 3. The smallest absolute Gasteiger partial charge is 0.251 e. The summed E-state index contributed by atoms with van der Waals surface area (Å²) in [5.74, 6) is 2.06. The van der Waals surface area contributed by atoms with Gasteiger partial charge in [-0.05, 0) is 30.0 Å². The number of thioether (sulfide) groups is 1. The number of carbonyl (C=O) groups excluding carboxylic acids is 1. The van der Waals surface area contributed by atoms with Gasteiger partial charge in [-0.15, -0.1) is 0 Å². The maximum Gasteiger partial charge on any atom is 0.251 e. The summed E-state index contributed by atoms with van der Waals surface area (Å²) in [6.45, 7) is 6.94. The minimum atomic E-state index is -0.0234. The van der Waals surface area contributed by atoms with Gasteiger partial charge in [-0.25, -0.2) is 9.97 Å². The lowest BCUT2D eigenvalue weighted by Gasteiger charge is -2.13. The molecule has 0 fully saturated rings. The van der Waals surface area contributed by atoms with Crippen molar-refractivity contribution >= 4 is 23.5 Å². The molecule has 6 heteroatoms. The number of anilines is 1. The Morgan fingerprint density at radius 1 is 1.23 bits per heavy atom. The number of hydrogen-bond acceptors (Lipinski definition) is 5. The van der Waals surface area contributed by atoms with Gasteiger partial charge in [0.05, 0.1) is 0 Å². The Balaban J connectivity index is 2.07. The first-order chi connectivity index (χ1) is 12.4. The third kappa shape index (κ3) is 6.02. The average molecular weight is 373 g/mol. The van der Waals surface area contributed by atoms with Crippen molar-refractivity contribution < 1.29 is 4.79 Å². The van der Waals surface area contributed by atoms with E-state index in [1.165, 1.54) is 0 Å². The predicted molar refractivity (Wildman–Crippen MR) is 109 cm³/mol. The third-order valence-corrected chi connectivity index (χ3v) is 4.71. The topological polar surface area (TPSA) is 58.1 Å². The zero-order valence-corrected chi connectivity index (χ0v) is 17.1. The standard InChI is InChI=1S/C20H28N4OS/c1-6-17-11-18(24(4)5)23-20(22-17)26-13-15-8-7-9-16(10-15)19(25)21-12-14(2)3/h7-11,14H,6,12-13H2,1-5H3,(H,21,25). The highest BCUT2D eigenvalue weighted by molar-refractivity contribution is 7.98. The van der Waals surface area contributed by atoms with Crippen LogP contribution in [-0.2, 0) is 12.2 Å². The normalized spacial score (nSPS) is 10.8. The molecule has 0 saturated carbocycles. The van der Waals surface area contributed by atoms with Crippen molar-refractivity contribution in [3.05, 3.63) is 47.2 Å². The number of carbonyl (C=O) groups is 1. The van der Waals surface area contributed by atoms with Crippen molar-refractivity contribution in [2.75, 3.05) is 25.5 Å². The molecule has 2 rings (SSSR count). The number of hydrogen-bond donors (Lipinski definition) is 1. The van der Waals surface area contributed by atoms with Gasteiger partial charge in [0.25, 0.3) is 5.91 Å². The summed E-state index contributed by atoms with van der Waals surface area (Å²) in [7, 11) is 3.96. The zero-order valence-electron chi connectivity index (χ0n) is 16.2. The molecule has 1 heterocycles. The molecular weight excluding hydrogens is 344 g/mol. The summed E-state index contributed by atoms with van der Waals surface area (Å²) in [4.78, 5) is 23.4. The van der Waals surface area contributed by atoms with Crippen molar-refractivity contribution in [2.45, 2.75) is 38.1 Å². The molecule has 0 radical (unpaired) electrons. The maximum atomic E-state index is 12.2. The van der Waals surface area contributed by atoms with Crippen LogP contribution in [0.4, 0.5) is 5.82 Å². The zero-order chi connectivity index (χ0) is 19.1. The van der Waals surface area contributed by atoms with Gasteiger partial charge >= 0.3 is 0 Å². The second-order valence-electron chi connectivity index (χ2n) is 6.84. The molecular formula is C20H28N4OS. The van der Waals surface area contributed by atoms with Crippen LogP contribution in [0.15, 0.2) is 35.5 Å². The molecule has 0 aliphatic heterocycles. The fraction of sp³-hybridized carbons (Fsp3) is 0.450. The van der Waals surface area contributed by atoms with Gasteiger partial charge in [0.2, 0.25) is 0 Å². The molecule has 0 saturated heterocycles. The van der Waals surface area contributed by atoms with Crippen LogP contribution in [0.25, 0.3) is 0 Å². The highest BCUT2D eigenvalue weighted by Crippen LogP contribution is 2.23. The predicted octanol–water partition coefficient (Wildman–Crippen LogP) is 3.78. The van der Waals surface area contributed by atoms with Crippen LogP contribution < -0.4 is 10.2 Å². The number of aryl methyl sites for hydroxylation is 1. The Morgan fingerprint density at radius 3 is 2.65 bits per heavy atom. The molecule has 0 aliphatic rings. The molecule has 0 spiro atoms. The Hall–Kier alpha value is -2.08. The van der Waals surface area contributed by atoms with Crippen molar-refractivity contribution in [1.82, 2.24) is 15.3 Å². The highest BCUT2D eigenvalue weighted by Gasteiger charge is 2.09. The lowest BCUT2D eigenvalue weighted by molar-refractivity contribution is 0.0949. The van der Waals surface area contributed by atoms with Crippen LogP contribution in [0.1, 0.15) is 42.4 Å². The van der Waals surface area contributed by atoms with E-state index in [-0.39, 0.29) is 5.91 Å². The number of benzene rings is 1. The molecule has 5 nitrogen and oxygen atoms in total. The molecule has 0 unspecified atom stereocenters. The fourth-order valence-electron chi connectivity index (χ4n) is 2.28. The van der Waals surface area contributed by atoms with E-state index in [0.29, 0.717) is 18.0 Å². The van der Waals surface area contributed by atoms with Gasteiger partial charge < -0.3 is 10.2 Å². The average Bonchev–Trinajstić information content (AvgIpc) is 2.64. The van der Waals surface area contributed by atoms with Crippen molar-refractivity contribution in [1.29, 1.82) is 0 Å². The Labute approximate surface area is 160 Å². The Bertz CT molecular complexity index is 746. The van der Waals surface area contributed by atoms with E-state index in [1.807, 2.05) is 49.3 Å². The molecule has 2 aromatic rings. The second-order valence-corrected chi connectivity index (χ2v) is 7.78. The largest absolute Gasteiger partial charge is 0.363 e. The van der Waals surface area contributed by atoms with Gasteiger partial charge in [0.1, 0.15) is 5.82 Å². The monoisotopic (exact) mass is 372 g/mol. The summed E-state index contributed by atoms with van der Waals surface area (Å²) in [6, 6.07) is 9.77. The van der Waals surface area contributed by atoms with Crippen molar-refractivity contribution in [2.24, 2.45) is 5.92 Å². The summed E-state index contributed by atoms with van der Waals surface area (Å²) in [6.07, 6.45) is 0.877. The quantitative estimate of drug-likeness (QED) is 0.564. The Morgan fingerprint density at radius 2 is 2.00 bits per heavy atom. The number of rotatable bonds is 8. The van der Waals surface area contributed by atoms with Crippen LogP contribution in [0, 0.1) is 5.92 Å². The van der Waals surface area contributed by atoms with Crippen LogP contribution >= 0.6 is 11.8 Å². The molecule has 0 aliphatic carbocycles. The Kier molecular flexibility index (Phi) is 7.45. The fourth-order valence-corrected chi connectivity index (χ4v) is 3.10.